The first kappa shape index (κ1) is 16.0. The predicted molar refractivity (Wildman–Crippen MR) is 40.9 cm³/mol. The molecular weight excluding hydrogens is 315 g/mol. The van der Waals surface area contributed by atoms with Gasteiger partial charge in [0.15, 0.2) is 8.32 Å². The fourth-order valence-electron chi connectivity index (χ4n) is 0. The van der Waals surface area contributed by atoms with Gasteiger partial charge in [-0.15, -0.1) is 10.2 Å². The van der Waals surface area contributed by atoms with Crippen molar-refractivity contribution in [2.45, 2.75) is 19.6 Å². The van der Waals surface area contributed by atoms with Crippen LogP contribution in [0.15, 0.2) is 0 Å². The van der Waals surface area contributed by atoms with E-state index in [-0.39, 0.29) is 21.1 Å². The van der Waals surface area contributed by atoms with Crippen LogP contribution in [0.4, 0.5) is 0 Å². The Bertz CT molecular complexity index is 29.5. The first-order valence-electron chi connectivity index (χ1n) is 2.43. The van der Waals surface area contributed by atoms with Crippen LogP contribution in [-0.2, 0) is 21.1 Å². The topological polar surface area (TPSA) is 20.2 Å². The maximum absolute atomic E-state index is 8.66. The Morgan fingerprint density at radius 3 is 1.25 bits per heavy atom. The summed E-state index contributed by atoms with van der Waals surface area (Å²) in [5, 5.41) is 0. The van der Waals surface area contributed by atoms with Crippen LogP contribution in [0, 0.1) is 6.55 Å². The van der Waals surface area contributed by atoms with Crippen LogP contribution < -0.4 is 0 Å². The average molecular weight is 330 g/mol. The summed E-state index contributed by atoms with van der Waals surface area (Å²) in [7, 11) is -0.556. The molecule has 56 valence electrons. The molecule has 1 nitrogen and oxygen atoms in total. The summed E-state index contributed by atoms with van der Waals surface area (Å²) in [6.45, 7) is 9.03. The minimum atomic E-state index is -1.61. The summed E-state index contributed by atoms with van der Waals surface area (Å²) in [5.41, 5.74) is 0. The molecule has 8 heavy (non-hydrogen) atoms. The van der Waals surface area contributed by atoms with Crippen LogP contribution in [0.5, 0.6) is 0 Å². The summed E-state index contributed by atoms with van der Waals surface area (Å²) in [5.74, 6) is 0. The third-order valence-electron chi connectivity index (χ3n) is 0. The fraction of sp³-hybridized carbons (Fsp3) is 0.750. The van der Waals surface area contributed by atoms with Gasteiger partial charge in [-0.1, -0.05) is 0 Å². The monoisotopic (exact) mass is 330 g/mol. The second-order valence-corrected chi connectivity index (χ2v) is 6.51. The van der Waals surface area contributed by atoms with E-state index in [9.17, 15) is 0 Å². The molecule has 0 saturated heterocycles. The van der Waals surface area contributed by atoms with Crippen LogP contribution in [0.1, 0.15) is 0 Å². The Morgan fingerprint density at radius 1 is 1.25 bits per heavy atom. The number of rotatable bonds is 0. The Kier molecular flexibility index (Phi) is 16.2. The molecule has 0 aromatic rings. The second kappa shape index (κ2) is 8.08. The van der Waals surface area contributed by atoms with Gasteiger partial charge in [0.2, 0.25) is 0 Å². The van der Waals surface area contributed by atoms with Gasteiger partial charge in [0.1, 0.15) is 0 Å². The van der Waals surface area contributed by atoms with Crippen molar-refractivity contribution in [3.8, 4) is 0 Å². The largest absolute Gasteiger partial charge is 0.433 e. The van der Waals surface area contributed by atoms with E-state index in [0.717, 1.165) is 10.2 Å². The molecule has 0 spiro atoms. The molecular formula is C4H15OPtSi2-. The standard InChI is InChI=1S/C3H10OSi.CH5Si.Pt/c1-5(2,3)4;1-2;/h4H,1-3H3;1H2,2H3;/q;-1;. The van der Waals surface area contributed by atoms with Crippen molar-refractivity contribution in [2.24, 2.45) is 0 Å². The van der Waals surface area contributed by atoms with Gasteiger partial charge in [0.05, 0.1) is 0 Å². The van der Waals surface area contributed by atoms with E-state index in [1.54, 1.807) is 0 Å². The molecule has 0 saturated carbocycles. The van der Waals surface area contributed by atoms with Gasteiger partial charge < -0.3 is 11.3 Å². The van der Waals surface area contributed by atoms with Crippen molar-refractivity contribution >= 4 is 18.6 Å². The van der Waals surface area contributed by atoms with Crippen LogP contribution in [0.3, 0.4) is 0 Å². The van der Waals surface area contributed by atoms with Crippen molar-refractivity contribution < 1.29 is 25.9 Å². The smallest absolute Gasteiger partial charge is 0.179 e. The fourth-order valence-corrected chi connectivity index (χ4v) is 0. The minimum Gasteiger partial charge on any atom is -0.433 e. The quantitative estimate of drug-likeness (QED) is 0.488. The maximum atomic E-state index is 8.66. The van der Waals surface area contributed by atoms with E-state index in [1.165, 1.54) is 0 Å². The summed E-state index contributed by atoms with van der Waals surface area (Å²) in [6.07, 6.45) is 0. The summed E-state index contributed by atoms with van der Waals surface area (Å²) >= 11 is 0. The minimum absolute atomic E-state index is 0. The average Bonchev–Trinajstić information content (AvgIpc) is 1.36. The Labute approximate surface area is 70.7 Å². The van der Waals surface area contributed by atoms with E-state index in [2.05, 4.69) is 6.55 Å². The van der Waals surface area contributed by atoms with Crippen molar-refractivity contribution in [2.75, 3.05) is 0 Å². The normalized spacial score (nSPS) is 8.62. The van der Waals surface area contributed by atoms with E-state index < -0.39 is 8.32 Å². The second-order valence-electron chi connectivity index (χ2n) is 2.17. The van der Waals surface area contributed by atoms with Gasteiger partial charge in [0, 0.05) is 21.1 Å². The number of hydrogen-bond donors (Lipinski definition) is 1. The van der Waals surface area contributed by atoms with Crippen molar-refractivity contribution in [1.29, 1.82) is 0 Å². The van der Waals surface area contributed by atoms with E-state index in [1.807, 2.05) is 19.6 Å². The van der Waals surface area contributed by atoms with Gasteiger partial charge >= 0.3 is 0 Å². The molecule has 0 heterocycles. The molecule has 0 aromatic carbocycles. The molecule has 0 aromatic heterocycles. The molecule has 0 unspecified atom stereocenters. The van der Waals surface area contributed by atoms with Crippen LogP contribution >= 0.6 is 0 Å². The van der Waals surface area contributed by atoms with Gasteiger partial charge in [-0.2, -0.15) is 0 Å². The molecule has 4 heteroatoms. The molecule has 0 atom stereocenters. The Morgan fingerprint density at radius 2 is 1.25 bits per heavy atom. The van der Waals surface area contributed by atoms with E-state index in [0.29, 0.717) is 0 Å². The van der Waals surface area contributed by atoms with Crippen LogP contribution in [-0.4, -0.2) is 23.4 Å². The Balaban J connectivity index is -0.0000000750. The van der Waals surface area contributed by atoms with Crippen molar-refractivity contribution in [1.82, 2.24) is 0 Å². The van der Waals surface area contributed by atoms with Gasteiger partial charge in [-0.25, -0.2) is 0 Å². The summed E-state index contributed by atoms with van der Waals surface area (Å²) in [6, 6.07) is 0. The molecule has 0 radical (unpaired) electrons. The van der Waals surface area contributed by atoms with E-state index in [4.69, 9.17) is 4.80 Å². The maximum Gasteiger partial charge on any atom is 0.179 e. The molecule has 0 rings (SSSR count). The van der Waals surface area contributed by atoms with Gasteiger partial charge in [0.25, 0.3) is 0 Å². The molecule has 0 fully saturated rings. The zero-order valence-corrected chi connectivity index (χ0v) is 11.2. The van der Waals surface area contributed by atoms with Crippen LogP contribution in [0.25, 0.3) is 0 Å². The first-order valence-corrected chi connectivity index (χ1v) is 7.29. The predicted octanol–water partition coefficient (Wildman–Crippen LogP) is -0.0455. The summed E-state index contributed by atoms with van der Waals surface area (Å²) in [4.78, 5) is 8.66. The summed E-state index contributed by atoms with van der Waals surface area (Å²) < 4.78 is 0. The van der Waals surface area contributed by atoms with Gasteiger partial charge in [-0.3, -0.25) is 0 Å². The van der Waals surface area contributed by atoms with Gasteiger partial charge in [-0.05, 0) is 19.6 Å². The SMILES string of the molecule is C[Si](C)(C)O.[CH2-][SiH3].[Pt]. The zero-order valence-electron chi connectivity index (χ0n) is 5.97. The molecule has 0 aliphatic heterocycles. The third-order valence-corrected chi connectivity index (χ3v) is 0. The third kappa shape index (κ3) is 224. The molecule has 0 amide bonds. The van der Waals surface area contributed by atoms with Crippen molar-refractivity contribution in [3.05, 3.63) is 6.55 Å². The first-order chi connectivity index (χ1) is 3.00. The zero-order chi connectivity index (χ0) is 6.50. The molecule has 0 aliphatic carbocycles. The molecule has 1 N–H and O–H groups in total. The Hall–Kier alpha value is 1.08. The van der Waals surface area contributed by atoms with E-state index >= 15 is 0 Å². The molecule has 0 bridgehead atoms. The van der Waals surface area contributed by atoms with Crippen molar-refractivity contribution in [3.63, 3.8) is 0 Å². The van der Waals surface area contributed by atoms with Crippen LogP contribution in [0.2, 0.25) is 19.6 Å². The molecule has 0 aliphatic rings. The number of hydrogen-bond acceptors (Lipinski definition) is 1.